The summed E-state index contributed by atoms with van der Waals surface area (Å²) in [4.78, 5) is 5.06. The lowest BCUT2D eigenvalue weighted by Crippen LogP contribution is -1.80. The molecule has 1 aromatic heterocycles. The van der Waals surface area contributed by atoms with Gasteiger partial charge >= 0.3 is 0 Å². The zero-order valence-electron chi connectivity index (χ0n) is 6.16. The molecule has 1 rings (SSSR count). The predicted molar refractivity (Wildman–Crippen MR) is 51.1 cm³/mol. The van der Waals surface area contributed by atoms with Crippen LogP contribution in [0.15, 0.2) is 43.0 Å². The smallest absolute Gasteiger partial charge is 0.0762 e. The van der Waals surface area contributed by atoms with Gasteiger partial charge in [-0.05, 0) is 17.5 Å². The molecule has 0 aliphatic carbocycles. The third-order valence-corrected chi connectivity index (χ3v) is 1.84. The molecule has 11 heavy (non-hydrogen) atoms. The lowest BCUT2D eigenvalue weighted by atomic mass is 10.3. The molecule has 0 saturated carbocycles. The van der Waals surface area contributed by atoms with Crippen LogP contribution < -0.4 is 0 Å². The highest BCUT2D eigenvalue weighted by molar-refractivity contribution is 8.10. The summed E-state index contributed by atoms with van der Waals surface area (Å²) < 4.78 is 0. The van der Waals surface area contributed by atoms with E-state index in [0.29, 0.717) is 0 Å². The first-order chi connectivity index (χ1) is 5.34. The van der Waals surface area contributed by atoms with Gasteiger partial charge in [0.05, 0.1) is 5.69 Å². The molecular weight excluding hydrogens is 154 g/mol. The topological polar surface area (TPSA) is 12.9 Å². The van der Waals surface area contributed by atoms with Crippen molar-refractivity contribution in [2.24, 2.45) is 0 Å². The van der Waals surface area contributed by atoms with Crippen molar-refractivity contribution in [3.05, 3.63) is 48.7 Å². The van der Waals surface area contributed by atoms with Crippen LogP contribution in [-0.4, -0.2) is 4.98 Å². The van der Waals surface area contributed by atoms with Crippen molar-refractivity contribution in [1.29, 1.82) is 0 Å². The summed E-state index contributed by atoms with van der Waals surface area (Å²) in [6.07, 6.45) is 1.75. The second-order valence-electron chi connectivity index (χ2n) is 1.92. The highest BCUT2D eigenvalue weighted by atomic mass is 32.2. The molecule has 0 aromatic carbocycles. The van der Waals surface area contributed by atoms with Gasteiger partial charge in [-0.3, -0.25) is 4.98 Å². The minimum absolute atomic E-state index is 0.914. The van der Waals surface area contributed by atoms with Crippen molar-refractivity contribution >= 4 is 16.7 Å². The quantitative estimate of drug-likeness (QED) is 0.679. The maximum atomic E-state index is 4.13. The number of nitrogens with zero attached hydrogens (tertiary/aromatic N) is 1. The first kappa shape index (κ1) is 8.08. The number of rotatable bonds is 3. The molecule has 0 spiro atoms. The Hall–Kier alpha value is -1.02. The molecule has 0 fully saturated rings. The fourth-order valence-electron chi connectivity index (χ4n) is 0.689. The molecule has 2 heteroatoms. The van der Waals surface area contributed by atoms with E-state index in [1.54, 1.807) is 11.6 Å². The molecule has 0 N–H and O–H groups in total. The Morgan fingerprint density at radius 3 is 2.91 bits per heavy atom. The van der Waals surface area contributed by atoms with E-state index >= 15 is 0 Å². The highest BCUT2D eigenvalue weighted by Crippen LogP contribution is 2.23. The second-order valence-corrected chi connectivity index (χ2v) is 2.98. The molecule has 56 valence electrons. The van der Waals surface area contributed by atoms with E-state index in [9.17, 15) is 0 Å². The van der Waals surface area contributed by atoms with E-state index in [4.69, 9.17) is 0 Å². The summed E-state index contributed by atoms with van der Waals surface area (Å²) in [6.45, 7) is 7.44. The van der Waals surface area contributed by atoms with Gasteiger partial charge in [0.25, 0.3) is 0 Å². The first-order valence-corrected chi connectivity index (χ1v) is 4.10. The van der Waals surface area contributed by atoms with E-state index < -0.39 is 0 Å². The average Bonchev–Trinajstić information content (AvgIpc) is 2.07. The Balaban J connectivity index is 2.77. The van der Waals surface area contributed by atoms with Gasteiger partial charge < -0.3 is 0 Å². The zero-order chi connectivity index (χ0) is 8.10. The van der Waals surface area contributed by atoms with Crippen molar-refractivity contribution in [1.82, 2.24) is 4.98 Å². The highest BCUT2D eigenvalue weighted by Gasteiger charge is 1.95. The van der Waals surface area contributed by atoms with Gasteiger partial charge in [0.1, 0.15) is 0 Å². The van der Waals surface area contributed by atoms with E-state index in [0.717, 1.165) is 10.6 Å². The Morgan fingerprint density at radius 2 is 2.36 bits per heavy atom. The van der Waals surface area contributed by atoms with Crippen molar-refractivity contribution < 1.29 is 0 Å². The van der Waals surface area contributed by atoms with E-state index in [1.165, 1.54) is 11.8 Å². The van der Waals surface area contributed by atoms with Gasteiger partial charge in [-0.1, -0.05) is 31.0 Å². The Labute approximate surface area is 70.9 Å². The van der Waals surface area contributed by atoms with Gasteiger partial charge in [0, 0.05) is 11.1 Å². The fourth-order valence-corrected chi connectivity index (χ4v) is 1.13. The maximum Gasteiger partial charge on any atom is 0.0762 e. The maximum absolute atomic E-state index is 4.13. The van der Waals surface area contributed by atoms with Gasteiger partial charge in [-0.25, -0.2) is 0 Å². The number of hydrogen-bond donors (Lipinski definition) is 0. The molecule has 1 nitrogen and oxygen atoms in total. The predicted octanol–water partition coefficient (Wildman–Crippen LogP) is 2.93. The number of aromatic nitrogens is 1. The van der Waals surface area contributed by atoms with Crippen LogP contribution in [0.1, 0.15) is 5.69 Å². The number of thioether (sulfide) groups is 1. The third kappa shape index (κ3) is 2.24. The molecule has 0 unspecified atom stereocenters. The van der Waals surface area contributed by atoms with Crippen LogP contribution in [0.2, 0.25) is 0 Å². The van der Waals surface area contributed by atoms with Crippen molar-refractivity contribution in [3.8, 4) is 0 Å². The molecule has 0 atom stereocenters. The van der Waals surface area contributed by atoms with Gasteiger partial charge in [-0.15, -0.1) is 0 Å². The molecule has 0 saturated heterocycles. The van der Waals surface area contributed by atoms with Crippen LogP contribution in [0.4, 0.5) is 0 Å². The number of hydrogen-bond acceptors (Lipinski definition) is 2. The van der Waals surface area contributed by atoms with Gasteiger partial charge in [0.15, 0.2) is 0 Å². The lowest BCUT2D eigenvalue weighted by molar-refractivity contribution is 1.29. The Bertz CT molecular complexity index is 254. The SMILES string of the molecule is C=CSC(=C)c1ccccn1. The minimum atomic E-state index is 0.914. The first-order valence-electron chi connectivity index (χ1n) is 3.22. The largest absolute Gasteiger partial charge is 0.256 e. The molecule has 0 amide bonds. The van der Waals surface area contributed by atoms with Gasteiger partial charge in [0.2, 0.25) is 0 Å². The summed E-state index contributed by atoms with van der Waals surface area (Å²) in [7, 11) is 0. The Kier molecular flexibility index (Phi) is 2.93. The summed E-state index contributed by atoms with van der Waals surface area (Å²) in [5.41, 5.74) is 0.914. The molecule has 1 aromatic rings. The van der Waals surface area contributed by atoms with Crippen LogP contribution in [0.5, 0.6) is 0 Å². The number of pyridine rings is 1. The summed E-state index contributed by atoms with van der Waals surface area (Å²) in [6, 6.07) is 5.76. The fraction of sp³-hybridized carbons (Fsp3) is 0. The van der Waals surface area contributed by atoms with Crippen LogP contribution >= 0.6 is 11.8 Å². The van der Waals surface area contributed by atoms with Crippen molar-refractivity contribution in [2.75, 3.05) is 0 Å². The van der Waals surface area contributed by atoms with E-state index in [-0.39, 0.29) is 0 Å². The average molecular weight is 163 g/mol. The van der Waals surface area contributed by atoms with Crippen molar-refractivity contribution in [3.63, 3.8) is 0 Å². The second kappa shape index (κ2) is 3.98. The van der Waals surface area contributed by atoms with E-state index in [1.807, 2.05) is 18.2 Å². The van der Waals surface area contributed by atoms with Crippen LogP contribution in [0.3, 0.4) is 0 Å². The molecule has 0 aliphatic rings. The molecular formula is C9H9NS. The lowest BCUT2D eigenvalue weighted by Gasteiger charge is -1.98. The van der Waals surface area contributed by atoms with Gasteiger partial charge in [-0.2, -0.15) is 0 Å². The summed E-state index contributed by atoms with van der Waals surface area (Å²) in [5, 5.41) is 1.75. The minimum Gasteiger partial charge on any atom is -0.256 e. The standard InChI is InChI=1S/C9H9NS/c1-3-11-8(2)9-6-4-5-7-10-9/h3-7H,1-2H2. The van der Waals surface area contributed by atoms with Crippen molar-refractivity contribution in [2.45, 2.75) is 0 Å². The summed E-state index contributed by atoms with van der Waals surface area (Å²) >= 11 is 1.49. The van der Waals surface area contributed by atoms with Crippen LogP contribution in [-0.2, 0) is 0 Å². The molecule has 1 heterocycles. The van der Waals surface area contributed by atoms with Crippen LogP contribution in [0, 0.1) is 0 Å². The molecule has 0 radical (unpaired) electrons. The summed E-state index contributed by atoms with van der Waals surface area (Å²) in [5.74, 6) is 0. The van der Waals surface area contributed by atoms with E-state index in [2.05, 4.69) is 18.1 Å². The third-order valence-electron chi connectivity index (χ3n) is 1.18. The zero-order valence-corrected chi connectivity index (χ0v) is 6.97. The Morgan fingerprint density at radius 1 is 1.55 bits per heavy atom. The monoisotopic (exact) mass is 163 g/mol. The molecule has 0 aliphatic heterocycles. The van der Waals surface area contributed by atoms with Crippen LogP contribution in [0.25, 0.3) is 4.91 Å². The normalized spacial score (nSPS) is 9.09. The molecule has 0 bridgehead atoms.